The summed E-state index contributed by atoms with van der Waals surface area (Å²) in [7, 11) is 0. The van der Waals surface area contributed by atoms with Crippen LogP contribution in [0.25, 0.3) is 6.08 Å². The lowest BCUT2D eigenvalue weighted by molar-refractivity contribution is -0.122. The largest absolute Gasteiger partial charge is 0.349 e. The zero-order valence-corrected chi connectivity index (χ0v) is 14.0. The Morgan fingerprint density at radius 1 is 1.12 bits per heavy atom. The summed E-state index contributed by atoms with van der Waals surface area (Å²) >= 11 is 0.905. The van der Waals surface area contributed by atoms with Crippen molar-refractivity contribution >= 4 is 34.9 Å². The Bertz CT molecular complexity index is 822. The third-order valence-electron chi connectivity index (χ3n) is 3.49. The number of carbonyl (C=O) groups excluding carboxylic acids is 3. The van der Waals surface area contributed by atoms with Crippen molar-refractivity contribution in [3.05, 3.63) is 70.9 Å². The molecule has 6 nitrogen and oxygen atoms in total. The maximum Gasteiger partial charge on any atom is 0.293 e. The zero-order chi connectivity index (χ0) is 17.6. The lowest BCUT2D eigenvalue weighted by atomic mass is 10.2. The Balaban J connectivity index is 1.58. The molecule has 3 amide bonds. The fourth-order valence-electron chi connectivity index (χ4n) is 2.26. The van der Waals surface area contributed by atoms with Gasteiger partial charge in [-0.1, -0.05) is 36.4 Å². The highest BCUT2D eigenvalue weighted by Gasteiger charge is 2.34. The van der Waals surface area contributed by atoms with Crippen LogP contribution in [0.5, 0.6) is 0 Å². The van der Waals surface area contributed by atoms with E-state index in [0.29, 0.717) is 10.6 Å². The highest BCUT2D eigenvalue weighted by atomic mass is 32.2. The number of benzene rings is 1. The van der Waals surface area contributed by atoms with Crippen molar-refractivity contribution in [1.29, 1.82) is 0 Å². The summed E-state index contributed by atoms with van der Waals surface area (Å²) in [5.74, 6) is -0.682. The molecule has 1 N–H and O–H groups in total. The Morgan fingerprint density at radius 3 is 2.60 bits per heavy atom. The fourth-order valence-corrected chi connectivity index (χ4v) is 3.13. The van der Waals surface area contributed by atoms with E-state index in [-0.39, 0.29) is 30.1 Å². The van der Waals surface area contributed by atoms with Crippen LogP contribution in [0.2, 0.25) is 0 Å². The Morgan fingerprint density at radius 2 is 1.88 bits per heavy atom. The van der Waals surface area contributed by atoms with E-state index in [1.807, 2.05) is 30.3 Å². The third kappa shape index (κ3) is 4.13. The van der Waals surface area contributed by atoms with Crippen LogP contribution in [-0.4, -0.2) is 40.0 Å². The van der Waals surface area contributed by atoms with Crippen LogP contribution >= 0.6 is 11.8 Å². The van der Waals surface area contributed by atoms with Crippen LogP contribution in [0, 0.1) is 0 Å². The summed E-state index contributed by atoms with van der Waals surface area (Å²) in [4.78, 5) is 41.8. The standard InChI is InChI=1S/C18H15N3O3S/c22-16(14-8-4-5-9-19-14)20-10-11-21-17(23)15(25-18(21)24)12-13-6-2-1-3-7-13/h1-9,12H,10-11H2,(H,20,22)/b15-12+. The molecule has 0 saturated carbocycles. The van der Waals surface area contributed by atoms with Gasteiger partial charge in [0.05, 0.1) is 4.91 Å². The van der Waals surface area contributed by atoms with E-state index in [0.717, 1.165) is 22.2 Å². The molecule has 25 heavy (non-hydrogen) atoms. The van der Waals surface area contributed by atoms with E-state index in [1.165, 1.54) is 6.20 Å². The molecule has 7 heteroatoms. The summed E-state index contributed by atoms with van der Waals surface area (Å²) in [5, 5.41) is 2.32. The van der Waals surface area contributed by atoms with Crippen molar-refractivity contribution in [1.82, 2.24) is 15.2 Å². The van der Waals surface area contributed by atoms with Crippen molar-refractivity contribution in [2.75, 3.05) is 13.1 Å². The summed E-state index contributed by atoms with van der Waals surface area (Å²) in [6, 6.07) is 14.4. The second kappa shape index (κ2) is 7.76. The Hall–Kier alpha value is -2.93. The van der Waals surface area contributed by atoms with Gasteiger partial charge in [0.1, 0.15) is 5.69 Å². The van der Waals surface area contributed by atoms with Crippen LogP contribution < -0.4 is 5.32 Å². The first-order chi connectivity index (χ1) is 12.1. The first-order valence-electron chi connectivity index (χ1n) is 7.65. The number of hydrogen-bond acceptors (Lipinski definition) is 5. The molecule has 1 aliphatic rings. The molecule has 1 aromatic heterocycles. The van der Waals surface area contributed by atoms with E-state index in [4.69, 9.17) is 0 Å². The van der Waals surface area contributed by atoms with Gasteiger partial charge in [-0.2, -0.15) is 0 Å². The van der Waals surface area contributed by atoms with Gasteiger partial charge in [-0.3, -0.25) is 24.3 Å². The number of aromatic nitrogens is 1. The molecular formula is C18H15N3O3S. The minimum atomic E-state index is -0.342. The van der Waals surface area contributed by atoms with Crippen LogP contribution in [0.3, 0.4) is 0 Å². The van der Waals surface area contributed by atoms with E-state index in [9.17, 15) is 14.4 Å². The van der Waals surface area contributed by atoms with E-state index >= 15 is 0 Å². The first kappa shape index (κ1) is 16.9. The summed E-state index contributed by atoms with van der Waals surface area (Å²) in [6.07, 6.45) is 3.22. The van der Waals surface area contributed by atoms with Gasteiger partial charge in [0, 0.05) is 19.3 Å². The van der Waals surface area contributed by atoms with Gasteiger partial charge >= 0.3 is 0 Å². The van der Waals surface area contributed by atoms with Gasteiger partial charge in [0.2, 0.25) is 0 Å². The molecule has 1 fully saturated rings. The van der Waals surface area contributed by atoms with Gasteiger partial charge in [-0.05, 0) is 35.5 Å². The van der Waals surface area contributed by atoms with E-state index < -0.39 is 0 Å². The molecule has 0 unspecified atom stereocenters. The van der Waals surface area contributed by atoms with Crippen molar-refractivity contribution in [2.24, 2.45) is 0 Å². The van der Waals surface area contributed by atoms with E-state index in [2.05, 4.69) is 10.3 Å². The summed E-state index contributed by atoms with van der Waals surface area (Å²) in [6.45, 7) is 0.293. The Kier molecular flexibility index (Phi) is 5.25. The smallest absolute Gasteiger partial charge is 0.293 e. The van der Waals surface area contributed by atoms with Gasteiger partial charge in [0.15, 0.2) is 0 Å². The number of imide groups is 1. The monoisotopic (exact) mass is 353 g/mol. The number of nitrogens with one attached hydrogen (secondary N) is 1. The van der Waals surface area contributed by atoms with Gasteiger partial charge in [-0.25, -0.2) is 0 Å². The normalized spacial score (nSPS) is 15.7. The first-order valence-corrected chi connectivity index (χ1v) is 8.46. The molecule has 1 saturated heterocycles. The number of rotatable bonds is 5. The van der Waals surface area contributed by atoms with Crippen molar-refractivity contribution in [2.45, 2.75) is 0 Å². The molecule has 2 aromatic rings. The molecule has 126 valence electrons. The molecule has 3 rings (SSSR count). The molecule has 0 spiro atoms. The summed E-state index contributed by atoms with van der Waals surface area (Å²) < 4.78 is 0. The second-order valence-electron chi connectivity index (χ2n) is 5.21. The minimum Gasteiger partial charge on any atom is -0.349 e. The van der Waals surface area contributed by atoms with Crippen molar-refractivity contribution in [3.63, 3.8) is 0 Å². The zero-order valence-electron chi connectivity index (χ0n) is 13.2. The maximum atomic E-state index is 12.4. The molecule has 0 radical (unpaired) electrons. The average molecular weight is 353 g/mol. The number of thioether (sulfide) groups is 1. The lowest BCUT2D eigenvalue weighted by Gasteiger charge is -2.12. The van der Waals surface area contributed by atoms with Crippen LogP contribution in [-0.2, 0) is 4.79 Å². The van der Waals surface area contributed by atoms with Crippen molar-refractivity contribution < 1.29 is 14.4 Å². The van der Waals surface area contributed by atoms with Gasteiger partial charge in [-0.15, -0.1) is 0 Å². The van der Waals surface area contributed by atoms with Gasteiger partial charge in [0.25, 0.3) is 17.1 Å². The van der Waals surface area contributed by atoms with E-state index in [1.54, 1.807) is 24.3 Å². The minimum absolute atomic E-state index is 0.120. The highest BCUT2D eigenvalue weighted by molar-refractivity contribution is 8.18. The maximum absolute atomic E-state index is 12.4. The quantitative estimate of drug-likeness (QED) is 0.836. The van der Waals surface area contributed by atoms with Crippen LogP contribution in [0.4, 0.5) is 4.79 Å². The predicted octanol–water partition coefficient (Wildman–Crippen LogP) is 2.55. The second-order valence-corrected chi connectivity index (χ2v) is 6.21. The molecule has 1 aliphatic heterocycles. The SMILES string of the molecule is O=C(NCCN1C(=O)S/C(=C/c2ccccc2)C1=O)c1ccccn1. The van der Waals surface area contributed by atoms with Gasteiger partial charge < -0.3 is 5.32 Å². The summed E-state index contributed by atoms with van der Waals surface area (Å²) in [5.41, 5.74) is 1.15. The fraction of sp³-hybridized carbons (Fsp3) is 0.111. The average Bonchev–Trinajstić information content (AvgIpc) is 2.90. The third-order valence-corrected chi connectivity index (χ3v) is 4.40. The van der Waals surface area contributed by atoms with Crippen LogP contribution in [0.15, 0.2) is 59.6 Å². The van der Waals surface area contributed by atoms with Crippen LogP contribution in [0.1, 0.15) is 16.1 Å². The molecule has 2 heterocycles. The predicted molar refractivity (Wildman–Crippen MR) is 95.7 cm³/mol. The lowest BCUT2D eigenvalue weighted by Crippen LogP contribution is -2.37. The number of carbonyl (C=O) groups is 3. The van der Waals surface area contributed by atoms with Crippen molar-refractivity contribution in [3.8, 4) is 0 Å². The molecule has 1 aromatic carbocycles. The topological polar surface area (TPSA) is 79.4 Å². The molecule has 0 atom stereocenters. The number of pyridine rings is 1. The number of hydrogen-bond donors (Lipinski definition) is 1. The number of nitrogens with zero attached hydrogens (tertiary/aromatic N) is 2. The molecule has 0 bridgehead atoms. The molecular weight excluding hydrogens is 338 g/mol. The Labute approximate surface area is 148 Å². The highest BCUT2D eigenvalue weighted by Crippen LogP contribution is 2.31. The molecule has 0 aliphatic carbocycles. The number of amides is 3.